The maximum Gasteiger partial charge on any atom is 0.220 e. The number of carbonyl (C=O) groups excluding carboxylic acids is 1. The minimum atomic E-state index is 0.245. The largest absolute Gasteiger partial charge is 0.355 e. The fraction of sp³-hybridized carbons (Fsp3) is 0.647. The molecule has 1 saturated carbocycles. The van der Waals surface area contributed by atoms with Crippen LogP contribution in [0.5, 0.6) is 0 Å². The van der Waals surface area contributed by atoms with Crippen LogP contribution in [0.25, 0.3) is 0 Å². The van der Waals surface area contributed by atoms with E-state index in [1.54, 1.807) is 0 Å². The highest BCUT2D eigenvalue weighted by Gasteiger charge is 2.24. The van der Waals surface area contributed by atoms with Crippen molar-refractivity contribution in [2.24, 2.45) is 5.92 Å². The molecule has 114 valence electrons. The maximum atomic E-state index is 12.2. The van der Waals surface area contributed by atoms with E-state index in [1.165, 1.54) is 25.7 Å². The fourth-order valence-electron chi connectivity index (χ4n) is 3.61. The fourth-order valence-corrected chi connectivity index (χ4v) is 3.61. The highest BCUT2D eigenvalue weighted by molar-refractivity contribution is 5.76. The number of aromatic nitrogens is 1. The van der Waals surface area contributed by atoms with Crippen LogP contribution in [0.1, 0.15) is 44.9 Å². The highest BCUT2D eigenvalue weighted by atomic mass is 16.1. The lowest BCUT2D eigenvalue weighted by Crippen LogP contribution is -2.48. The Kier molecular flexibility index (Phi) is 4.73. The molecule has 3 rings (SSSR count). The van der Waals surface area contributed by atoms with Gasteiger partial charge in [0, 0.05) is 31.7 Å². The van der Waals surface area contributed by atoms with E-state index >= 15 is 0 Å². The van der Waals surface area contributed by atoms with Gasteiger partial charge in [-0.15, -0.1) is 0 Å². The maximum absolute atomic E-state index is 12.2. The van der Waals surface area contributed by atoms with Crippen molar-refractivity contribution >= 4 is 11.7 Å². The molecule has 0 aromatic carbocycles. The van der Waals surface area contributed by atoms with E-state index in [1.807, 2.05) is 24.4 Å². The molecule has 0 radical (unpaired) electrons. The van der Waals surface area contributed by atoms with Gasteiger partial charge in [0.1, 0.15) is 5.82 Å². The average molecular weight is 287 g/mol. The second kappa shape index (κ2) is 6.92. The summed E-state index contributed by atoms with van der Waals surface area (Å²) >= 11 is 0. The van der Waals surface area contributed by atoms with Gasteiger partial charge in [0.05, 0.1) is 0 Å². The summed E-state index contributed by atoms with van der Waals surface area (Å²) in [6, 6.07) is 6.27. The van der Waals surface area contributed by atoms with Gasteiger partial charge in [-0.25, -0.2) is 4.98 Å². The second-order valence-electron chi connectivity index (χ2n) is 6.40. The number of pyridine rings is 1. The lowest BCUT2D eigenvalue weighted by atomic mass is 10.0. The number of amides is 1. The monoisotopic (exact) mass is 287 g/mol. The molecular formula is C17H25N3O. The number of hydrogen-bond donors (Lipinski definition) is 1. The molecule has 1 atom stereocenters. The smallest absolute Gasteiger partial charge is 0.220 e. The summed E-state index contributed by atoms with van der Waals surface area (Å²) in [6.07, 6.45) is 9.82. The molecule has 2 heterocycles. The van der Waals surface area contributed by atoms with E-state index in [2.05, 4.69) is 15.2 Å². The number of piperidine rings is 1. The van der Waals surface area contributed by atoms with Crippen molar-refractivity contribution in [1.29, 1.82) is 0 Å². The van der Waals surface area contributed by atoms with Crippen LogP contribution in [-0.4, -0.2) is 30.0 Å². The van der Waals surface area contributed by atoms with E-state index in [0.717, 1.165) is 38.2 Å². The van der Waals surface area contributed by atoms with Gasteiger partial charge in [-0.1, -0.05) is 18.9 Å². The Morgan fingerprint density at radius 2 is 2.10 bits per heavy atom. The Morgan fingerprint density at radius 1 is 1.24 bits per heavy atom. The predicted octanol–water partition coefficient (Wildman–Crippen LogP) is 2.75. The van der Waals surface area contributed by atoms with Gasteiger partial charge in [0.2, 0.25) is 5.91 Å². The van der Waals surface area contributed by atoms with E-state index < -0.39 is 0 Å². The number of nitrogens with zero attached hydrogens (tertiary/aromatic N) is 2. The van der Waals surface area contributed by atoms with Gasteiger partial charge in [0.25, 0.3) is 0 Å². The number of nitrogens with one attached hydrogen (secondary N) is 1. The molecule has 4 heteroatoms. The average Bonchev–Trinajstić information content (AvgIpc) is 3.01. The molecule has 1 aromatic heterocycles. The zero-order chi connectivity index (χ0) is 14.5. The third-order valence-corrected chi connectivity index (χ3v) is 4.71. The first-order valence-electron chi connectivity index (χ1n) is 8.26. The van der Waals surface area contributed by atoms with Gasteiger partial charge in [-0.2, -0.15) is 0 Å². The molecule has 0 unspecified atom stereocenters. The van der Waals surface area contributed by atoms with Crippen molar-refractivity contribution in [2.45, 2.75) is 51.0 Å². The van der Waals surface area contributed by atoms with Crippen LogP contribution in [0.15, 0.2) is 24.4 Å². The lowest BCUT2D eigenvalue weighted by Gasteiger charge is -2.34. The summed E-state index contributed by atoms with van der Waals surface area (Å²) in [5, 5.41) is 3.24. The van der Waals surface area contributed by atoms with Crippen LogP contribution in [0.2, 0.25) is 0 Å². The summed E-state index contributed by atoms with van der Waals surface area (Å²) in [7, 11) is 0. The first kappa shape index (κ1) is 14.4. The molecule has 2 fully saturated rings. The third-order valence-electron chi connectivity index (χ3n) is 4.71. The summed E-state index contributed by atoms with van der Waals surface area (Å²) in [5.41, 5.74) is 0. The molecule has 21 heavy (non-hydrogen) atoms. The van der Waals surface area contributed by atoms with Crippen LogP contribution < -0.4 is 10.2 Å². The summed E-state index contributed by atoms with van der Waals surface area (Å²) in [4.78, 5) is 18.9. The van der Waals surface area contributed by atoms with Crippen LogP contribution in [0.4, 0.5) is 5.82 Å². The summed E-state index contributed by atoms with van der Waals surface area (Å²) in [6.45, 7) is 1.92. The molecule has 1 amide bonds. The zero-order valence-electron chi connectivity index (χ0n) is 12.6. The van der Waals surface area contributed by atoms with E-state index in [0.29, 0.717) is 5.92 Å². The second-order valence-corrected chi connectivity index (χ2v) is 6.40. The molecule has 2 aliphatic rings. The Morgan fingerprint density at radius 3 is 2.86 bits per heavy atom. The standard InChI is InChI=1S/C17H25N3O/c21-17(12-14-6-1-2-7-14)19-15-8-5-11-20(13-15)16-9-3-4-10-18-16/h3-4,9-10,14-15H,1-2,5-8,11-13H2,(H,19,21)/t15-/m1/s1. The lowest BCUT2D eigenvalue weighted by molar-refractivity contribution is -0.122. The van der Waals surface area contributed by atoms with Gasteiger partial charge in [-0.05, 0) is 43.7 Å². The molecule has 1 aliphatic heterocycles. The van der Waals surface area contributed by atoms with Crippen molar-refractivity contribution in [3.8, 4) is 0 Å². The van der Waals surface area contributed by atoms with Gasteiger partial charge >= 0.3 is 0 Å². The van der Waals surface area contributed by atoms with Crippen molar-refractivity contribution in [3.63, 3.8) is 0 Å². The molecule has 0 bridgehead atoms. The van der Waals surface area contributed by atoms with Crippen molar-refractivity contribution in [1.82, 2.24) is 10.3 Å². The van der Waals surface area contributed by atoms with Crippen molar-refractivity contribution in [3.05, 3.63) is 24.4 Å². The Labute approximate surface area is 126 Å². The Bertz CT molecular complexity index is 456. The SMILES string of the molecule is O=C(CC1CCCC1)N[C@@H]1CCCN(c2ccccn2)C1. The molecular weight excluding hydrogens is 262 g/mol. The van der Waals surface area contributed by atoms with Gasteiger partial charge in [-0.3, -0.25) is 4.79 Å². The molecule has 4 nitrogen and oxygen atoms in total. The number of carbonyl (C=O) groups is 1. The quantitative estimate of drug-likeness (QED) is 0.926. The van der Waals surface area contributed by atoms with Crippen LogP contribution in [-0.2, 0) is 4.79 Å². The van der Waals surface area contributed by atoms with E-state index in [4.69, 9.17) is 0 Å². The Balaban J connectivity index is 1.50. The van der Waals surface area contributed by atoms with Crippen molar-refractivity contribution in [2.75, 3.05) is 18.0 Å². The van der Waals surface area contributed by atoms with Crippen molar-refractivity contribution < 1.29 is 4.79 Å². The number of hydrogen-bond acceptors (Lipinski definition) is 3. The summed E-state index contributed by atoms with van der Waals surface area (Å²) < 4.78 is 0. The normalized spacial score (nSPS) is 23.2. The Hall–Kier alpha value is -1.58. The van der Waals surface area contributed by atoms with Crippen LogP contribution in [0.3, 0.4) is 0 Å². The third kappa shape index (κ3) is 3.96. The first-order valence-corrected chi connectivity index (χ1v) is 8.26. The molecule has 1 saturated heterocycles. The minimum Gasteiger partial charge on any atom is -0.355 e. The topological polar surface area (TPSA) is 45.2 Å². The molecule has 0 spiro atoms. The molecule has 1 aromatic rings. The van der Waals surface area contributed by atoms with Gasteiger partial charge in [0.15, 0.2) is 0 Å². The highest BCUT2D eigenvalue weighted by Crippen LogP contribution is 2.27. The van der Waals surface area contributed by atoms with Crippen LogP contribution >= 0.6 is 0 Å². The molecule has 1 N–H and O–H groups in total. The van der Waals surface area contributed by atoms with E-state index in [9.17, 15) is 4.79 Å². The van der Waals surface area contributed by atoms with Crippen LogP contribution in [0, 0.1) is 5.92 Å². The minimum absolute atomic E-state index is 0.245. The number of anilines is 1. The number of rotatable bonds is 4. The zero-order valence-corrected chi connectivity index (χ0v) is 12.6. The van der Waals surface area contributed by atoms with E-state index in [-0.39, 0.29) is 11.9 Å². The first-order chi connectivity index (χ1) is 10.3. The summed E-state index contributed by atoms with van der Waals surface area (Å²) in [5.74, 6) is 1.89. The molecule has 1 aliphatic carbocycles. The predicted molar refractivity (Wildman–Crippen MR) is 84.2 cm³/mol. The van der Waals surface area contributed by atoms with Gasteiger partial charge < -0.3 is 10.2 Å².